The van der Waals surface area contributed by atoms with Gasteiger partial charge in [-0.15, -0.1) is 11.3 Å². The average molecular weight is 313 g/mol. The van der Waals surface area contributed by atoms with E-state index in [0.29, 0.717) is 6.04 Å². The van der Waals surface area contributed by atoms with Gasteiger partial charge in [0, 0.05) is 17.1 Å². The summed E-state index contributed by atoms with van der Waals surface area (Å²) in [6.45, 7) is 2.96. The first-order valence-corrected chi connectivity index (χ1v) is 8.59. The number of piperidine rings is 1. The maximum Gasteiger partial charge on any atom is 0.205 e. The van der Waals surface area contributed by atoms with Crippen LogP contribution in [0.1, 0.15) is 17.7 Å². The maximum atomic E-state index is 4.76. The molecule has 22 heavy (non-hydrogen) atoms. The van der Waals surface area contributed by atoms with Crippen molar-refractivity contribution in [2.75, 3.05) is 18.4 Å². The van der Waals surface area contributed by atoms with E-state index in [1.165, 1.54) is 4.88 Å². The minimum absolute atomic E-state index is 0.486. The Labute approximate surface area is 133 Å². The van der Waals surface area contributed by atoms with E-state index < -0.39 is 0 Å². The van der Waals surface area contributed by atoms with Crippen LogP contribution in [0.4, 0.5) is 5.95 Å². The van der Waals surface area contributed by atoms with E-state index in [0.717, 1.165) is 49.6 Å². The third-order valence-corrected chi connectivity index (χ3v) is 4.93. The predicted molar refractivity (Wildman–Crippen MR) is 90.5 cm³/mol. The van der Waals surface area contributed by atoms with Crippen molar-refractivity contribution < 1.29 is 0 Å². The first kappa shape index (κ1) is 13.7. The summed E-state index contributed by atoms with van der Waals surface area (Å²) in [4.78, 5) is 10.6. The number of imidazole rings is 1. The molecule has 1 saturated heterocycles. The zero-order valence-corrected chi connectivity index (χ0v) is 13.1. The van der Waals surface area contributed by atoms with Crippen molar-refractivity contribution in [3.8, 4) is 0 Å². The summed E-state index contributed by atoms with van der Waals surface area (Å²) >= 11 is 1.77. The molecule has 0 aromatic carbocycles. The normalized spacial score (nSPS) is 16.2. The molecule has 6 heteroatoms. The molecule has 4 heterocycles. The van der Waals surface area contributed by atoms with Gasteiger partial charge in [0.05, 0.1) is 6.54 Å². The van der Waals surface area contributed by atoms with Gasteiger partial charge in [-0.3, -0.25) is 4.57 Å². The number of rotatable bonds is 4. The van der Waals surface area contributed by atoms with E-state index >= 15 is 0 Å². The fourth-order valence-electron chi connectivity index (χ4n) is 2.93. The van der Waals surface area contributed by atoms with E-state index in [9.17, 15) is 0 Å². The van der Waals surface area contributed by atoms with E-state index in [-0.39, 0.29) is 0 Å². The lowest BCUT2D eigenvalue weighted by Crippen LogP contribution is -2.36. The molecule has 0 amide bonds. The zero-order valence-electron chi connectivity index (χ0n) is 12.3. The first-order chi connectivity index (χ1) is 10.9. The first-order valence-electron chi connectivity index (χ1n) is 7.71. The molecule has 0 aliphatic carbocycles. The second-order valence-electron chi connectivity index (χ2n) is 5.62. The van der Waals surface area contributed by atoms with Crippen LogP contribution >= 0.6 is 11.3 Å². The molecule has 3 aromatic rings. The van der Waals surface area contributed by atoms with Crippen LogP contribution in [0.25, 0.3) is 11.2 Å². The van der Waals surface area contributed by atoms with Gasteiger partial charge in [0.1, 0.15) is 5.52 Å². The Bertz CT molecular complexity index is 743. The van der Waals surface area contributed by atoms with Gasteiger partial charge in [-0.1, -0.05) is 6.07 Å². The van der Waals surface area contributed by atoms with Gasteiger partial charge in [0.15, 0.2) is 5.65 Å². The van der Waals surface area contributed by atoms with Crippen LogP contribution in [-0.4, -0.2) is 33.7 Å². The highest BCUT2D eigenvalue weighted by Crippen LogP contribution is 2.22. The number of thiophene rings is 1. The lowest BCUT2D eigenvalue weighted by atomic mass is 10.1. The van der Waals surface area contributed by atoms with Gasteiger partial charge in [-0.05, 0) is 49.5 Å². The summed E-state index contributed by atoms with van der Waals surface area (Å²) in [6.07, 6.45) is 4.11. The van der Waals surface area contributed by atoms with Gasteiger partial charge < -0.3 is 10.6 Å². The Morgan fingerprint density at radius 2 is 2.18 bits per heavy atom. The summed E-state index contributed by atoms with van der Waals surface area (Å²) in [5.41, 5.74) is 1.91. The lowest BCUT2D eigenvalue weighted by Gasteiger charge is -2.24. The standard InChI is InChI=1S/C16H19N5S/c1-4-14-15(18-7-1)21(11-13-3-2-10-22-13)16(20-14)19-12-5-8-17-9-6-12/h1-4,7,10,12,17H,5-6,8-9,11H2,(H,19,20). The fraction of sp³-hybridized carbons (Fsp3) is 0.375. The number of nitrogens with zero attached hydrogens (tertiary/aromatic N) is 3. The van der Waals surface area contributed by atoms with Crippen molar-refractivity contribution in [1.82, 2.24) is 19.9 Å². The highest BCUT2D eigenvalue weighted by molar-refractivity contribution is 7.09. The van der Waals surface area contributed by atoms with Gasteiger partial charge >= 0.3 is 0 Å². The fourth-order valence-corrected chi connectivity index (χ4v) is 3.62. The van der Waals surface area contributed by atoms with Crippen LogP contribution in [0.2, 0.25) is 0 Å². The molecule has 0 spiro atoms. The smallest absolute Gasteiger partial charge is 0.205 e. The topological polar surface area (TPSA) is 54.8 Å². The number of anilines is 1. The van der Waals surface area contributed by atoms with Gasteiger partial charge in [0.2, 0.25) is 5.95 Å². The van der Waals surface area contributed by atoms with Crippen LogP contribution in [0.15, 0.2) is 35.8 Å². The number of pyridine rings is 1. The molecule has 0 atom stereocenters. The minimum Gasteiger partial charge on any atom is -0.353 e. The van der Waals surface area contributed by atoms with Crippen LogP contribution in [0.3, 0.4) is 0 Å². The molecule has 1 aliphatic rings. The van der Waals surface area contributed by atoms with Crippen LogP contribution < -0.4 is 10.6 Å². The van der Waals surface area contributed by atoms with Crippen molar-refractivity contribution in [2.24, 2.45) is 0 Å². The maximum absolute atomic E-state index is 4.76. The second kappa shape index (κ2) is 6.06. The van der Waals surface area contributed by atoms with Crippen molar-refractivity contribution in [3.05, 3.63) is 40.7 Å². The number of aromatic nitrogens is 3. The molecule has 1 aliphatic heterocycles. The molecule has 5 nitrogen and oxygen atoms in total. The van der Waals surface area contributed by atoms with Crippen LogP contribution in [0, 0.1) is 0 Å². The zero-order chi connectivity index (χ0) is 14.8. The molecule has 0 bridgehead atoms. The van der Waals surface area contributed by atoms with Crippen molar-refractivity contribution >= 4 is 28.4 Å². The third kappa shape index (κ3) is 2.71. The molecule has 3 aromatic heterocycles. The van der Waals surface area contributed by atoms with Crippen LogP contribution in [0.5, 0.6) is 0 Å². The molecule has 0 saturated carbocycles. The Hall–Kier alpha value is -1.92. The molecular weight excluding hydrogens is 294 g/mol. The average Bonchev–Trinajstić information content (AvgIpc) is 3.18. The molecule has 0 radical (unpaired) electrons. The van der Waals surface area contributed by atoms with E-state index in [4.69, 9.17) is 4.98 Å². The Balaban J connectivity index is 1.69. The number of fused-ring (bicyclic) bond motifs is 1. The Morgan fingerprint density at radius 3 is 3.00 bits per heavy atom. The summed E-state index contributed by atoms with van der Waals surface area (Å²) in [5, 5.41) is 9.14. The van der Waals surface area contributed by atoms with E-state index in [2.05, 4.69) is 37.7 Å². The summed E-state index contributed by atoms with van der Waals surface area (Å²) < 4.78 is 2.20. The largest absolute Gasteiger partial charge is 0.353 e. The quantitative estimate of drug-likeness (QED) is 0.777. The molecule has 2 N–H and O–H groups in total. The summed E-state index contributed by atoms with van der Waals surface area (Å²) in [7, 11) is 0. The summed E-state index contributed by atoms with van der Waals surface area (Å²) in [5.74, 6) is 0.939. The highest BCUT2D eigenvalue weighted by atomic mass is 32.1. The molecule has 114 valence electrons. The van der Waals surface area contributed by atoms with Crippen molar-refractivity contribution in [1.29, 1.82) is 0 Å². The Kier molecular flexibility index (Phi) is 3.78. The minimum atomic E-state index is 0.486. The van der Waals surface area contributed by atoms with Crippen LogP contribution in [-0.2, 0) is 6.54 Å². The predicted octanol–water partition coefficient (Wildman–Crippen LogP) is 2.71. The van der Waals surface area contributed by atoms with Crippen molar-refractivity contribution in [3.63, 3.8) is 0 Å². The van der Waals surface area contributed by atoms with E-state index in [1.54, 1.807) is 11.3 Å². The van der Waals surface area contributed by atoms with Gasteiger partial charge in [0.25, 0.3) is 0 Å². The number of nitrogens with one attached hydrogen (secondary N) is 2. The van der Waals surface area contributed by atoms with Crippen molar-refractivity contribution in [2.45, 2.75) is 25.4 Å². The molecule has 0 unspecified atom stereocenters. The highest BCUT2D eigenvalue weighted by Gasteiger charge is 2.18. The van der Waals surface area contributed by atoms with Gasteiger partial charge in [-0.2, -0.15) is 0 Å². The Morgan fingerprint density at radius 1 is 1.27 bits per heavy atom. The third-order valence-electron chi connectivity index (χ3n) is 4.07. The SMILES string of the molecule is c1csc(Cn2c(NC3CCNCC3)nc3cccnc32)c1. The number of hydrogen-bond donors (Lipinski definition) is 2. The monoisotopic (exact) mass is 313 g/mol. The van der Waals surface area contributed by atoms with Gasteiger partial charge in [-0.25, -0.2) is 9.97 Å². The number of hydrogen-bond acceptors (Lipinski definition) is 5. The molecular formula is C16H19N5S. The van der Waals surface area contributed by atoms with E-state index in [1.807, 2.05) is 18.3 Å². The molecule has 4 rings (SSSR count). The second-order valence-corrected chi connectivity index (χ2v) is 6.65. The molecule has 1 fully saturated rings. The summed E-state index contributed by atoms with van der Waals surface area (Å²) in [6, 6.07) is 8.71. The lowest BCUT2D eigenvalue weighted by molar-refractivity contribution is 0.476.